The van der Waals surface area contributed by atoms with Gasteiger partial charge < -0.3 is 22.3 Å². The number of aromatic hydroxyl groups is 1. The molecule has 1 rings (SSSR count). The largest absolute Gasteiger partial charge is 0.506 e. The first kappa shape index (κ1) is 11.1. The van der Waals surface area contributed by atoms with Crippen LogP contribution < -0.4 is 17.2 Å². The molecule has 0 saturated heterocycles. The molecule has 0 saturated carbocycles. The number of hydrogen-bond donors (Lipinski definition) is 4. The van der Waals surface area contributed by atoms with Crippen LogP contribution in [-0.2, 0) is 0 Å². The molecule has 1 aromatic rings. The Morgan fingerprint density at radius 3 is 2.47 bits per heavy atom. The molecule has 1 aromatic carbocycles. The Morgan fingerprint density at radius 1 is 1.27 bits per heavy atom. The van der Waals surface area contributed by atoms with E-state index in [1.807, 2.05) is 0 Å². The fourth-order valence-corrected chi connectivity index (χ4v) is 1.03. The number of benzene rings is 1. The summed E-state index contributed by atoms with van der Waals surface area (Å²) in [5, 5.41) is 9.32. The van der Waals surface area contributed by atoms with Gasteiger partial charge in [-0.25, -0.2) is 4.99 Å². The fraction of sp³-hybridized carbons (Fsp3) is 0. The lowest BCUT2D eigenvalue weighted by molar-refractivity contribution is 0.475. The van der Waals surface area contributed by atoms with E-state index in [4.69, 9.17) is 33.9 Å². The van der Waals surface area contributed by atoms with Crippen LogP contribution in [0.2, 0.25) is 5.02 Å². The van der Waals surface area contributed by atoms with E-state index in [1.54, 1.807) is 0 Å². The minimum absolute atomic E-state index is 0.0315. The fourth-order valence-electron chi connectivity index (χ4n) is 0.855. The van der Waals surface area contributed by atoms with Crippen LogP contribution in [0.5, 0.6) is 5.75 Å². The van der Waals surface area contributed by atoms with Crippen molar-refractivity contribution in [2.24, 2.45) is 27.2 Å². The van der Waals surface area contributed by atoms with Gasteiger partial charge in [0.25, 0.3) is 0 Å². The Kier molecular flexibility index (Phi) is 3.35. The zero-order valence-electron chi connectivity index (χ0n) is 7.68. The third-order valence-electron chi connectivity index (χ3n) is 1.42. The molecule has 0 atom stereocenters. The summed E-state index contributed by atoms with van der Waals surface area (Å²) >= 11 is 5.66. The van der Waals surface area contributed by atoms with Crippen LogP contribution >= 0.6 is 11.6 Å². The standard InChI is InChI=1S/C8H10ClN5O/c9-5-3-4(1-2-6(5)15)13-8(12)14-7(10)11/h1-3,15H,(H6,10,11,12,13,14). The molecule has 0 spiro atoms. The second-order valence-electron chi connectivity index (χ2n) is 2.64. The molecule has 15 heavy (non-hydrogen) atoms. The summed E-state index contributed by atoms with van der Waals surface area (Å²) in [5.41, 5.74) is 16.0. The zero-order valence-corrected chi connectivity index (χ0v) is 8.44. The smallest absolute Gasteiger partial charge is 0.223 e. The van der Waals surface area contributed by atoms with Gasteiger partial charge in [-0.3, -0.25) is 0 Å². The van der Waals surface area contributed by atoms with E-state index in [2.05, 4.69) is 9.98 Å². The van der Waals surface area contributed by atoms with Crippen molar-refractivity contribution in [3.05, 3.63) is 23.2 Å². The number of phenolic OH excluding ortho intramolecular Hbond substituents is 1. The molecule has 0 bridgehead atoms. The number of halogens is 1. The summed E-state index contributed by atoms with van der Waals surface area (Å²) in [6, 6.07) is 4.35. The Hall–Kier alpha value is -1.95. The molecule has 0 unspecified atom stereocenters. The van der Waals surface area contributed by atoms with Crippen molar-refractivity contribution in [3.8, 4) is 5.75 Å². The SMILES string of the molecule is NC(N)=NC(N)=Nc1ccc(O)c(Cl)c1. The third kappa shape index (κ3) is 3.35. The van der Waals surface area contributed by atoms with Crippen LogP contribution in [0.15, 0.2) is 28.2 Å². The molecule has 0 aliphatic rings. The van der Waals surface area contributed by atoms with Gasteiger partial charge in [0.2, 0.25) is 5.96 Å². The molecule has 0 aromatic heterocycles. The molecular weight excluding hydrogens is 218 g/mol. The molecule has 7 heteroatoms. The van der Waals surface area contributed by atoms with E-state index in [0.29, 0.717) is 5.69 Å². The van der Waals surface area contributed by atoms with Gasteiger partial charge in [-0.1, -0.05) is 11.6 Å². The maximum atomic E-state index is 9.14. The van der Waals surface area contributed by atoms with Crippen LogP contribution in [-0.4, -0.2) is 17.0 Å². The van der Waals surface area contributed by atoms with Gasteiger partial charge in [-0.2, -0.15) is 4.99 Å². The molecular formula is C8H10ClN5O. The molecule has 0 aliphatic carbocycles. The molecule has 0 radical (unpaired) electrons. The normalized spacial score (nSPS) is 11.1. The van der Waals surface area contributed by atoms with Gasteiger partial charge >= 0.3 is 0 Å². The van der Waals surface area contributed by atoms with Crippen LogP contribution in [0.1, 0.15) is 0 Å². The maximum absolute atomic E-state index is 9.14. The predicted octanol–water partition coefficient (Wildman–Crippen LogP) is 0.265. The van der Waals surface area contributed by atoms with E-state index in [1.165, 1.54) is 18.2 Å². The van der Waals surface area contributed by atoms with Gasteiger partial charge in [-0.15, -0.1) is 0 Å². The predicted molar refractivity (Wildman–Crippen MR) is 60.2 cm³/mol. The molecule has 7 N–H and O–H groups in total. The quantitative estimate of drug-likeness (QED) is 0.406. The average molecular weight is 228 g/mol. The summed E-state index contributed by atoms with van der Waals surface area (Å²) in [7, 11) is 0. The van der Waals surface area contributed by atoms with Crippen LogP contribution in [0.3, 0.4) is 0 Å². The van der Waals surface area contributed by atoms with E-state index < -0.39 is 0 Å². The first-order valence-corrected chi connectivity index (χ1v) is 4.29. The van der Waals surface area contributed by atoms with Crippen molar-refractivity contribution in [2.45, 2.75) is 0 Å². The molecule has 6 nitrogen and oxygen atoms in total. The third-order valence-corrected chi connectivity index (χ3v) is 1.72. The number of nitrogens with two attached hydrogens (primary N) is 3. The van der Waals surface area contributed by atoms with Gasteiger partial charge in [0, 0.05) is 0 Å². The Morgan fingerprint density at radius 2 is 1.93 bits per heavy atom. The highest BCUT2D eigenvalue weighted by atomic mass is 35.5. The van der Waals surface area contributed by atoms with Crippen molar-refractivity contribution in [3.63, 3.8) is 0 Å². The molecule has 0 amide bonds. The Balaban J connectivity index is 2.99. The minimum Gasteiger partial charge on any atom is -0.506 e. The number of nitrogens with zero attached hydrogens (tertiary/aromatic N) is 2. The van der Waals surface area contributed by atoms with Gasteiger partial charge in [0.15, 0.2) is 5.96 Å². The molecule has 0 aliphatic heterocycles. The number of phenols is 1. The second-order valence-corrected chi connectivity index (χ2v) is 3.05. The van der Waals surface area contributed by atoms with Crippen molar-refractivity contribution in [2.75, 3.05) is 0 Å². The van der Waals surface area contributed by atoms with Gasteiger partial charge in [0.1, 0.15) is 5.75 Å². The summed E-state index contributed by atoms with van der Waals surface area (Å²) in [6.45, 7) is 0. The average Bonchev–Trinajstić information content (AvgIpc) is 2.10. The van der Waals surface area contributed by atoms with E-state index in [-0.39, 0.29) is 22.7 Å². The summed E-state index contributed by atoms with van der Waals surface area (Å²) in [5.74, 6) is -0.297. The van der Waals surface area contributed by atoms with Crippen LogP contribution in [0.4, 0.5) is 5.69 Å². The lowest BCUT2D eigenvalue weighted by atomic mass is 10.3. The van der Waals surface area contributed by atoms with Crippen LogP contribution in [0, 0.1) is 0 Å². The Bertz CT molecular complexity index is 425. The second kappa shape index (κ2) is 4.52. The summed E-state index contributed by atoms with van der Waals surface area (Å²) in [6.07, 6.45) is 0. The highest BCUT2D eigenvalue weighted by molar-refractivity contribution is 6.32. The number of rotatable bonds is 1. The zero-order chi connectivity index (χ0) is 11.4. The highest BCUT2D eigenvalue weighted by Crippen LogP contribution is 2.27. The molecule has 0 fully saturated rings. The first-order valence-electron chi connectivity index (χ1n) is 3.91. The summed E-state index contributed by atoms with van der Waals surface area (Å²) < 4.78 is 0. The molecule has 80 valence electrons. The Labute approximate surface area is 91.1 Å². The van der Waals surface area contributed by atoms with Crippen molar-refractivity contribution < 1.29 is 5.11 Å². The number of hydrogen-bond acceptors (Lipinski definition) is 2. The van der Waals surface area contributed by atoms with E-state index in [9.17, 15) is 0 Å². The lowest BCUT2D eigenvalue weighted by Crippen LogP contribution is -2.26. The maximum Gasteiger partial charge on any atom is 0.223 e. The topological polar surface area (TPSA) is 123 Å². The minimum atomic E-state index is -0.180. The van der Waals surface area contributed by atoms with Crippen LogP contribution in [0.25, 0.3) is 0 Å². The van der Waals surface area contributed by atoms with Gasteiger partial charge in [-0.05, 0) is 18.2 Å². The number of guanidine groups is 2. The summed E-state index contributed by atoms with van der Waals surface area (Å²) in [4.78, 5) is 7.37. The lowest BCUT2D eigenvalue weighted by Gasteiger charge is -1.98. The van der Waals surface area contributed by atoms with Crippen molar-refractivity contribution >= 4 is 29.2 Å². The first-order chi connectivity index (χ1) is 6.99. The van der Waals surface area contributed by atoms with E-state index in [0.717, 1.165) is 0 Å². The van der Waals surface area contributed by atoms with E-state index >= 15 is 0 Å². The van der Waals surface area contributed by atoms with Crippen molar-refractivity contribution in [1.29, 1.82) is 0 Å². The monoisotopic (exact) mass is 227 g/mol. The molecule has 0 heterocycles. The highest BCUT2D eigenvalue weighted by Gasteiger charge is 1.99. The van der Waals surface area contributed by atoms with Crippen molar-refractivity contribution in [1.82, 2.24) is 0 Å². The number of aliphatic imine (C=N–C) groups is 2. The van der Waals surface area contributed by atoms with Gasteiger partial charge in [0.05, 0.1) is 10.7 Å².